The number of rotatable bonds is 6. The molecule has 144 valence electrons. The molecule has 1 fully saturated rings. The number of thiocarbonyl (C=S) groups is 1. The normalized spacial score (nSPS) is 22.3. The number of amides is 1. The molecule has 1 aliphatic rings. The van der Waals surface area contributed by atoms with Crippen LogP contribution in [0.2, 0.25) is 0 Å². The summed E-state index contributed by atoms with van der Waals surface area (Å²) in [7, 11) is 0. The Hall–Kier alpha value is -1.82. The Morgan fingerprint density at radius 2 is 1.92 bits per heavy atom. The summed E-state index contributed by atoms with van der Waals surface area (Å²) < 4.78 is 5.62. The summed E-state index contributed by atoms with van der Waals surface area (Å²) in [5.41, 5.74) is 6.66. The molecule has 2 rings (SSSR count). The van der Waals surface area contributed by atoms with E-state index in [1.807, 2.05) is 31.2 Å². The highest BCUT2D eigenvalue weighted by Crippen LogP contribution is 2.29. The molecule has 1 aliphatic carbocycles. The third-order valence-electron chi connectivity index (χ3n) is 5.18. The van der Waals surface area contributed by atoms with E-state index in [2.05, 4.69) is 30.0 Å². The summed E-state index contributed by atoms with van der Waals surface area (Å²) >= 11 is 5.29. The van der Waals surface area contributed by atoms with E-state index in [-0.39, 0.29) is 5.91 Å². The summed E-state index contributed by atoms with van der Waals surface area (Å²) in [6, 6.07) is 8.27. The van der Waals surface area contributed by atoms with E-state index < -0.39 is 0 Å². The van der Waals surface area contributed by atoms with Gasteiger partial charge in [0.25, 0.3) is 0 Å². The summed E-state index contributed by atoms with van der Waals surface area (Å²) in [5, 5.41) is 3.81. The molecule has 5 nitrogen and oxygen atoms in total. The Balaban J connectivity index is 1.57. The van der Waals surface area contributed by atoms with Crippen molar-refractivity contribution in [2.75, 3.05) is 6.61 Å². The molecule has 0 heterocycles. The molecule has 0 radical (unpaired) electrons. The highest BCUT2D eigenvalue weighted by molar-refractivity contribution is 7.80. The van der Waals surface area contributed by atoms with Gasteiger partial charge in [0, 0.05) is 12.5 Å². The second kappa shape index (κ2) is 10.4. The van der Waals surface area contributed by atoms with Gasteiger partial charge in [0.15, 0.2) is 5.11 Å². The Kier molecular flexibility index (Phi) is 8.16. The number of nitrogens with one attached hydrogen (secondary N) is 3. The first-order chi connectivity index (χ1) is 12.5. The monoisotopic (exact) mass is 377 g/mol. The lowest BCUT2D eigenvalue weighted by atomic mass is 9.78. The Bertz CT molecular complexity index is 591. The maximum Gasteiger partial charge on any atom is 0.238 e. The van der Waals surface area contributed by atoms with E-state index in [4.69, 9.17) is 17.0 Å². The lowest BCUT2D eigenvalue weighted by Gasteiger charge is -2.35. The molecular formula is C20H31N3O2S. The molecule has 1 aromatic carbocycles. The predicted octanol–water partition coefficient (Wildman–Crippen LogP) is 3.47. The number of ether oxygens (including phenoxy) is 1. The third-order valence-corrected chi connectivity index (χ3v) is 5.40. The third kappa shape index (κ3) is 6.83. The molecule has 0 bridgehead atoms. The summed E-state index contributed by atoms with van der Waals surface area (Å²) in [6.07, 6.45) is 4.66. The molecule has 6 heteroatoms. The highest BCUT2D eigenvalue weighted by atomic mass is 32.1. The molecule has 1 amide bonds. The summed E-state index contributed by atoms with van der Waals surface area (Å²) in [6.45, 7) is 7.10. The van der Waals surface area contributed by atoms with Crippen molar-refractivity contribution in [3.8, 4) is 5.75 Å². The van der Waals surface area contributed by atoms with Crippen LogP contribution in [0.3, 0.4) is 0 Å². The molecule has 0 saturated heterocycles. The fourth-order valence-electron chi connectivity index (χ4n) is 3.24. The molecule has 1 saturated carbocycles. The number of carbonyl (C=O) groups excluding carboxylic acids is 1. The smallest absolute Gasteiger partial charge is 0.238 e. The fraction of sp³-hybridized carbons (Fsp3) is 0.600. The van der Waals surface area contributed by atoms with Crippen LogP contribution in [0.25, 0.3) is 0 Å². The average Bonchev–Trinajstić information content (AvgIpc) is 2.62. The van der Waals surface area contributed by atoms with Crippen molar-refractivity contribution in [2.24, 2.45) is 11.8 Å². The van der Waals surface area contributed by atoms with Gasteiger partial charge in [0.2, 0.25) is 5.91 Å². The molecule has 0 aliphatic heterocycles. The average molecular weight is 378 g/mol. The van der Waals surface area contributed by atoms with Crippen LogP contribution in [-0.2, 0) is 4.79 Å². The maximum atomic E-state index is 11.9. The van der Waals surface area contributed by atoms with Crippen molar-refractivity contribution in [1.29, 1.82) is 0 Å². The number of hydrogen-bond acceptors (Lipinski definition) is 3. The Morgan fingerprint density at radius 3 is 2.65 bits per heavy atom. The van der Waals surface area contributed by atoms with Crippen molar-refractivity contribution in [2.45, 2.75) is 58.9 Å². The van der Waals surface area contributed by atoms with Crippen LogP contribution < -0.4 is 20.9 Å². The number of carbonyl (C=O) groups is 1. The van der Waals surface area contributed by atoms with Gasteiger partial charge < -0.3 is 10.1 Å². The van der Waals surface area contributed by atoms with Crippen LogP contribution in [0.4, 0.5) is 0 Å². The molecule has 26 heavy (non-hydrogen) atoms. The van der Waals surface area contributed by atoms with E-state index in [0.717, 1.165) is 12.2 Å². The van der Waals surface area contributed by atoms with Crippen LogP contribution in [0.1, 0.15) is 51.5 Å². The van der Waals surface area contributed by atoms with Crippen LogP contribution in [0, 0.1) is 18.8 Å². The van der Waals surface area contributed by atoms with Crippen molar-refractivity contribution >= 4 is 23.2 Å². The van der Waals surface area contributed by atoms with Crippen molar-refractivity contribution < 1.29 is 9.53 Å². The summed E-state index contributed by atoms with van der Waals surface area (Å²) in [4.78, 5) is 11.9. The van der Waals surface area contributed by atoms with E-state index >= 15 is 0 Å². The van der Waals surface area contributed by atoms with Gasteiger partial charge in [0.1, 0.15) is 5.75 Å². The second-order valence-corrected chi connectivity index (χ2v) is 7.69. The summed E-state index contributed by atoms with van der Waals surface area (Å²) in [5.74, 6) is 2.02. The zero-order valence-corrected chi connectivity index (χ0v) is 16.8. The Labute approximate surface area is 162 Å². The predicted molar refractivity (Wildman–Crippen MR) is 109 cm³/mol. The number of aryl methyl sites for hydroxylation is 1. The number of hydrazine groups is 1. The minimum atomic E-state index is -0.0910. The van der Waals surface area contributed by atoms with Crippen LogP contribution in [0.5, 0.6) is 5.75 Å². The first-order valence-corrected chi connectivity index (χ1v) is 9.91. The van der Waals surface area contributed by atoms with Crippen molar-refractivity contribution in [3.63, 3.8) is 0 Å². The zero-order chi connectivity index (χ0) is 18.9. The van der Waals surface area contributed by atoms with Crippen LogP contribution >= 0.6 is 12.2 Å². The van der Waals surface area contributed by atoms with E-state index in [1.165, 1.54) is 18.4 Å². The first kappa shape index (κ1) is 20.5. The van der Waals surface area contributed by atoms with E-state index in [0.29, 0.717) is 42.4 Å². The minimum absolute atomic E-state index is 0.0910. The van der Waals surface area contributed by atoms with Crippen molar-refractivity contribution in [3.05, 3.63) is 29.8 Å². The maximum absolute atomic E-state index is 11.9. The van der Waals surface area contributed by atoms with Crippen LogP contribution in [-0.4, -0.2) is 23.7 Å². The van der Waals surface area contributed by atoms with Gasteiger partial charge >= 0.3 is 0 Å². The largest absolute Gasteiger partial charge is 0.494 e. The molecular weight excluding hydrogens is 346 g/mol. The highest BCUT2D eigenvalue weighted by Gasteiger charge is 2.27. The molecule has 3 N–H and O–H groups in total. The quantitative estimate of drug-likeness (QED) is 0.402. The first-order valence-electron chi connectivity index (χ1n) is 9.50. The lowest BCUT2D eigenvalue weighted by Crippen LogP contribution is -2.52. The molecule has 0 aromatic heterocycles. The van der Waals surface area contributed by atoms with E-state index in [1.54, 1.807) is 0 Å². The minimum Gasteiger partial charge on any atom is -0.494 e. The van der Waals surface area contributed by atoms with Crippen molar-refractivity contribution in [1.82, 2.24) is 16.2 Å². The standard InChI is InChI=1S/C20H31N3O2S/c1-14-9-11-17(12-10-14)25-13-5-8-19(24)22-23-20(26)21-18-7-4-6-15(2)16(18)3/h9-12,15-16,18H,4-8,13H2,1-3H3,(H,22,24)(H2,21,23,26)/t15-,16+,18-/m1/s1. The molecule has 0 spiro atoms. The van der Waals surface area contributed by atoms with Gasteiger partial charge in [-0.1, -0.05) is 44.4 Å². The lowest BCUT2D eigenvalue weighted by molar-refractivity contribution is -0.121. The van der Waals surface area contributed by atoms with Gasteiger partial charge in [-0.2, -0.15) is 0 Å². The van der Waals surface area contributed by atoms with E-state index in [9.17, 15) is 4.79 Å². The van der Waals surface area contributed by atoms with Crippen LogP contribution in [0.15, 0.2) is 24.3 Å². The molecule has 0 unspecified atom stereocenters. The van der Waals surface area contributed by atoms with Gasteiger partial charge in [-0.05, 0) is 56.0 Å². The second-order valence-electron chi connectivity index (χ2n) is 7.29. The molecule has 1 aromatic rings. The van der Waals surface area contributed by atoms with Gasteiger partial charge in [-0.25, -0.2) is 0 Å². The Morgan fingerprint density at radius 1 is 1.19 bits per heavy atom. The topological polar surface area (TPSA) is 62.4 Å². The fourth-order valence-corrected chi connectivity index (χ4v) is 3.44. The SMILES string of the molecule is Cc1ccc(OCCCC(=O)NNC(=S)N[C@@H]2CCC[C@@H](C)[C@@H]2C)cc1. The van der Waals surface area contributed by atoms with Gasteiger partial charge in [-0.3, -0.25) is 15.6 Å². The molecule has 3 atom stereocenters. The number of benzene rings is 1. The van der Waals surface area contributed by atoms with Gasteiger partial charge in [-0.15, -0.1) is 0 Å². The zero-order valence-electron chi connectivity index (χ0n) is 16.0. The van der Waals surface area contributed by atoms with Gasteiger partial charge in [0.05, 0.1) is 6.61 Å². The number of hydrogen-bond donors (Lipinski definition) is 3.